The highest BCUT2D eigenvalue weighted by atomic mass is 16.5. The van der Waals surface area contributed by atoms with Crippen LogP contribution in [0.2, 0.25) is 0 Å². The molecule has 0 saturated carbocycles. The zero-order valence-corrected chi connectivity index (χ0v) is 17.3. The topological polar surface area (TPSA) is 58.6 Å². The molecule has 1 saturated heterocycles. The zero-order chi connectivity index (χ0) is 20.6. The van der Waals surface area contributed by atoms with Gasteiger partial charge in [0.25, 0.3) is 0 Å². The van der Waals surface area contributed by atoms with Crippen LogP contribution in [0.5, 0.6) is 5.75 Å². The minimum atomic E-state index is -0.174. The molecule has 29 heavy (non-hydrogen) atoms. The van der Waals surface area contributed by atoms with Gasteiger partial charge in [0, 0.05) is 18.7 Å². The van der Waals surface area contributed by atoms with Gasteiger partial charge in [-0.3, -0.25) is 9.59 Å². The summed E-state index contributed by atoms with van der Waals surface area (Å²) >= 11 is 0. The zero-order valence-electron chi connectivity index (χ0n) is 17.3. The predicted molar refractivity (Wildman–Crippen MR) is 114 cm³/mol. The number of likely N-dealkylation sites (tertiary alicyclic amines) is 1. The summed E-state index contributed by atoms with van der Waals surface area (Å²) in [5, 5.41) is 3.18. The number of nitrogens with zero attached hydrogens (tertiary/aromatic N) is 1. The first-order valence-electron chi connectivity index (χ1n) is 10.4. The third-order valence-corrected chi connectivity index (χ3v) is 5.58. The summed E-state index contributed by atoms with van der Waals surface area (Å²) in [6.45, 7) is 3.26. The van der Waals surface area contributed by atoms with E-state index in [1.807, 2.05) is 66.4 Å². The third kappa shape index (κ3) is 5.37. The largest absolute Gasteiger partial charge is 0.496 e. The van der Waals surface area contributed by atoms with E-state index in [4.69, 9.17) is 4.74 Å². The van der Waals surface area contributed by atoms with Crippen LogP contribution in [0, 0.1) is 5.92 Å². The summed E-state index contributed by atoms with van der Waals surface area (Å²) in [6, 6.07) is 17.4. The average Bonchev–Trinajstić information content (AvgIpc) is 2.78. The van der Waals surface area contributed by atoms with Gasteiger partial charge in [0.15, 0.2) is 0 Å². The van der Waals surface area contributed by atoms with E-state index >= 15 is 0 Å². The molecule has 2 atom stereocenters. The summed E-state index contributed by atoms with van der Waals surface area (Å²) in [4.78, 5) is 27.5. The SMILES string of the molecule is CCC(NC(=O)C1CCCN(C(=O)Cc2ccccc2)C1)c1ccccc1OC. The van der Waals surface area contributed by atoms with Crippen molar-refractivity contribution in [1.82, 2.24) is 10.2 Å². The maximum Gasteiger partial charge on any atom is 0.227 e. The molecular weight excluding hydrogens is 364 g/mol. The molecule has 2 amide bonds. The second-order valence-corrected chi connectivity index (χ2v) is 7.55. The molecule has 1 aliphatic heterocycles. The normalized spacial score (nSPS) is 17.4. The summed E-state index contributed by atoms with van der Waals surface area (Å²) < 4.78 is 5.46. The van der Waals surface area contributed by atoms with E-state index in [1.165, 1.54) is 0 Å². The number of benzene rings is 2. The molecule has 2 aromatic carbocycles. The summed E-state index contributed by atoms with van der Waals surface area (Å²) in [5.74, 6) is 0.709. The Labute approximate surface area is 173 Å². The molecule has 3 rings (SSSR count). The van der Waals surface area contributed by atoms with Gasteiger partial charge in [0.05, 0.1) is 25.5 Å². The minimum Gasteiger partial charge on any atom is -0.496 e. The Morgan fingerprint density at radius 3 is 2.59 bits per heavy atom. The van der Waals surface area contributed by atoms with Crippen LogP contribution in [0.4, 0.5) is 0 Å². The predicted octanol–water partition coefficient (Wildman–Crippen LogP) is 3.74. The Morgan fingerprint density at radius 1 is 1.14 bits per heavy atom. The Bertz CT molecular complexity index is 822. The molecule has 1 aliphatic rings. The van der Waals surface area contributed by atoms with Gasteiger partial charge >= 0.3 is 0 Å². The molecule has 0 spiro atoms. The Kier molecular flexibility index (Phi) is 7.28. The van der Waals surface area contributed by atoms with Crippen molar-refractivity contribution < 1.29 is 14.3 Å². The second kappa shape index (κ2) is 10.1. The van der Waals surface area contributed by atoms with Crippen LogP contribution >= 0.6 is 0 Å². The van der Waals surface area contributed by atoms with Crippen molar-refractivity contribution in [3.63, 3.8) is 0 Å². The number of rotatable bonds is 7. The van der Waals surface area contributed by atoms with Crippen molar-refractivity contribution in [1.29, 1.82) is 0 Å². The van der Waals surface area contributed by atoms with Gasteiger partial charge in [-0.05, 0) is 30.9 Å². The van der Waals surface area contributed by atoms with Crippen molar-refractivity contribution in [3.8, 4) is 5.75 Å². The van der Waals surface area contributed by atoms with Crippen molar-refractivity contribution in [2.75, 3.05) is 20.2 Å². The average molecular weight is 395 g/mol. The fourth-order valence-electron chi connectivity index (χ4n) is 3.94. The Balaban J connectivity index is 1.62. The molecular formula is C24H30N2O3. The van der Waals surface area contributed by atoms with Crippen LogP contribution in [0.15, 0.2) is 54.6 Å². The number of ether oxygens (including phenoxy) is 1. The number of carbonyl (C=O) groups is 2. The minimum absolute atomic E-state index is 0.0139. The van der Waals surface area contributed by atoms with E-state index in [0.717, 1.165) is 42.7 Å². The van der Waals surface area contributed by atoms with E-state index in [1.54, 1.807) is 7.11 Å². The van der Waals surface area contributed by atoms with Crippen LogP contribution < -0.4 is 10.1 Å². The molecule has 5 nitrogen and oxygen atoms in total. The maximum absolute atomic E-state index is 13.0. The summed E-state index contributed by atoms with van der Waals surface area (Å²) in [5.41, 5.74) is 1.99. The Morgan fingerprint density at radius 2 is 1.86 bits per heavy atom. The monoisotopic (exact) mass is 394 g/mol. The van der Waals surface area contributed by atoms with Gasteiger partial charge in [-0.25, -0.2) is 0 Å². The van der Waals surface area contributed by atoms with Gasteiger partial charge in [-0.2, -0.15) is 0 Å². The van der Waals surface area contributed by atoms with Crippen LogP contribution in [-0.2, 0) is 16.0 Å². The van der Waals surface area contributed by atoms with E-state index in [0.29, 0.717) is 13.0 Å². The number of nitrogens with one attached hydrogen (secondary N) is 1. The van der Waals surface area contributed by atoms with E-state index < -0.39 is 0 Å². The fraction of sp³-hybridized carbons (Fsp3) is 0.417. The van der Waals surface area contributed by atoms with E-state index in [9.17, 15) is 9.59 Å². The lowest BCUT2D eigenvalue weighted by Gasteiger charge is -2.33. The molecule has 1 fully saturated rings. The molecule has 0 aromatic heterocycles. The molecule has 2 unspecified atom stereocenters. The first-order chi connectivity index (χ1) is 14.1. The first-order valence-corrected chi connectivity index (χ1v) is 10.4. The van der Waals surface area contributed by atoms with Crippen molar-refractivity contribution >= 4 is 11.8 Å². The molecule has 0 radical (unpaired) electrons. The highest BCUT2D eigenvalue weighted by Crippen LogP contribution is 2.28. The standard InChI is InChI=1S/C24H30N2O3/c1-3-21(20-13-7-8-14-22(20)29-2)25-24(28)19-12-9-15-26(17-19)23(27)16-18-10-5-4-6-11-18/h4-8,10-11,13-14,19,21H,3,9,12,15-17H2,1-2H3,(H,25,28). The van der Waals surface area contributed by atoms with E-state index in [2.05, 4.69) is 5.32 Å². The maximum atomic E-state index is 13.0. The third-order valence-electron chi connectivity index (χ3n) is 5.58. The molecule has 154 valence electrons. The van der Waals surface area contributed by atoms with E-state index in [-0.39, 0.29) is 23.8 Å². The molecule has 5 heteroatoms. The highest BCUT2D eigenvalue weighted by Gasteiger charge is 2.30. The summed E-state index contributed by atoms with van der Waals surface area (Å²) in [6.07, 6.45) is 2.82. The molecule has 0 bridgehead atoms. The van der Waals surface area contributed by atoms with Crippen LogP contribution in [0.25, 0.3) is 0 Å². The van der Waals surface area contributed by atoms with Gasteiger partial charge in [-0.1, -0.05) is 55.5 Å². The van der Waals surface area contributed by atoms with Crippen molar-refractivity contribution in [3.05, 3.63) is 65.7 Å². The van der Waals surface area contributed by atoms with Crippen LogP contribution in [0.1, 0.15) is 43.4 Å². The first kappa shape index (κ1) is 20.9. The quantitative estimate of drug-likeness (QED) is 0.778. The van der Waals surface area contributed by atoms with Gasteiger partial charge < -0.3 is 15.0 Å². The van der Waals surface area contributed by atoms with Crippen LogP contribution in [0.3, 0.4) is 0 Å². The number of amides is 2. The number of hydrogen-bond donors (Lipinski definition) is 1. The lowest BCUT2D eigenvalue weighted by Crippen LogP contribution is -2.46. The number of hydrogen-bond acceptors (Lipinski definition) is 3. The molecule has 1 N–H and O–H groups in total. The fourth-order valence-corrected chi connectivity index (χ4v) is 3.94. The summed E-state index contributed by atoms with van der Waals surface area (Å²) in [7, 11) is 1.64. The van der Waals surface area contributed by atoms with Gasteiger partial charge in [-0.15, -0.1) is 0 Å². The number of piperidine rings is 1. The number of methoxy groups -OCH3 is 1. The van der Waals surface area contributed by atoms with Gasteiger partial charge in [0.2, 0.25) is 11.8 Å². The highest BCUT2D eigenvalue weighted by molar-refractivity contribution is 5.82. The van der Waals surface area contributed by atoms with Crippen LogP contribution in [-0.4, -0.2) is 36.9 Å². The number of para-hydroxylation sites is 1. The lowest BCUT2D eigenvalue weighted by atomic mass is 9.95. The molecule has 0 aliphatic carbocycles. The lowest BCUT2D eigenvalue weighted by molar-refractivity contribution is -0.135. The smallest absolute Gasteiger partial charge is 0.227 e. The number of carbonyl (C=O) groups excluding carboxylic acids is 2. The van der Waals surface area contributed by atoms with Gasteiger partial charge in [0.1, 0.15) is 5.75 Å². The molecule has 2 aromatic rings. The molecule has 1 heterocycles. The van der Waals surface area contributed by atoms with Crippen molar-refractivity contribution in [2.24, 2.45) is 5.92 Å². The van der Waals surface area contributed by atoms with Crippen molar-refractivity contribution in [2.45, 2.75) is 38.6 Å². The Hall–Kier alpha value is -2.82. The second-order valence-electron chi connectivity index (χ2n) is 7.55.